The van der Waals surface area contributed by atoms with Crippen molar-refractivity contribution in [2.75, 3.05) is 0 Å². The van der Waals surface area contributed by atoms with Gasteiger partial charge in [-0.05, 0) is 67.8 Å². The van der Waals surface area contributed by atoms with E-state index in [0.29, 0.717) is 11.7 Å². The second-order valence-corrected chi connectivity index (χ2v) is 6.71. The van der Waals surface area contributed by atoms with E-state index in [2.05, 4.69) is 18.2 Å². The summed E-state index contributed by atoms with van der Waals surface area (Å²) in [5, 5.41) is 0. The molecule has 2 saturated carbocycles. The van der Waals surface area contributed by atoms with Crippen LogP contribution in [0.25, 0.3) is 0 Å². The van der Waals surface area contributed by atoms with Gasteiger partial charge in [-0.15, -0.1) is 0 Å². The van der Waals surface area contributed by atoms with E-state index in [1.165, 1.54) is 38.5 Å². The van der Waals surface area contributed by atoms with E-state index in [0.717, 1.165) is 30.1 Å². The van der Waals surface area contributed by atoms with E-state index in [9.17, 15) is 4.79 Å². The molecule has 0 amide bonds. The van der Waals surface area contributed by atoms with E-state index in [4.69, 9.17) is 0 Å². The van der Waals surface area contributed by atoms with Crippen LogP contribution in [-0.4, -0.2) is 5.78 Å². The summed E-state index contributed by atoms with van der Waals surface area (Å²) in [5.41, 5.74) is 1.62. The molecular formula is C17H22O. The molecule has 0 heterocycles. The number of Topliss-reactive ketones (excluding diaryl/α,β-unsaturated/α-hetero) is 1. The van der Waals surface area contributed by atoms with Gasteiger partial charge in [0.15, 0.2) is 0 Å². The fourth-order valence-corrected chi connectivity index (χ4v) is 5.31. The summed E-state index contributed by atoms with van der Waals surface area (Å²) < 4.78 is 0. The van der Waals surface area contributed by atoms with Gasteiger partial charge in [0.25, 0.3) is 0 Å². The maximum atomic E-state index is 11.9. The number of allylic oxidation sites excluding steroid dienone is 4. The Hall–Kier alpha value is -0.850. The average Bonchev–Trinajstić information content (AvgIpc) is 2.80. The highest BCUT2D eigenvalue weighted by Gasteiger charge is 2.48. The molecule has 1 heteroatoms. The van der Waals surface area contributed by atoms with Crippen molar-refractivity contribution in [1.82, 2.24) is 0 Å². The van der Waals surface area contributed by atoms with Crippen LogP contribution < -0.4 is 0 Å². The Morgan fingerprint density at radius 2 is 1.83 bits per heavy atom. The summed E-state index contributed by atoms with van der Waals surface area (Å²) in [6.45, 7) is 0. The highest BCUT2D eigenvalue weighted by Crippen LogP contribution is 2.54. The van der Waals surface area contributed by atoms with E-state index in [-0.39, 0.29) is 0 Å². The summed E-state index contributed by atoms with van der Waals surface area (Å²) in [5.74, 6) is 4.31. The molecule has 4 rings (SSSR count). The molecule has 0 spiro atoms. The van der Waals surface area contributed by atoms with Crippen LogP contribution in [0.2, 0.25) is 0 Å². The zero-order valence-corrected chi connectivity index (χ0v) is 11.0. The maximum Gasteiger partial charge on any atom is 0.136 e. The van der Waals surface area contributed by atoms with Crippen LogP contribution in [0.4, 0.5) is 0 Å². The standard InChI is InChI=1S/C17H22O/c18-17-10-9-15-14-6-5-11-3-1-2-4-12(11)13(14)7-8-16(15)17/h1,3,5,12-16H,2,4,6-10H2. The number of carbonyl (C=O) groups excluding carboxylic acids is 1. The summed E-state index contributed by atoms with van der Waals surface area (Å²) in [6.07, 6.45) is 15.6. The Morgan fingerprint density at radius 1 is 0.944 bits per heavy atom. The summed E-state index contributed by atoms with van der Waals surface area (Å²) in [6, 6.07) is 0. The van der Waals surface area contributed by atoms with Crippen LogP contribution in [-0.2, 0) is 4.79 Å². The quantitative estimate of drug-likeness (QED) is 0.629. The lowest BCUT2D eigenvalue weighted by atomic mass is 9.58. The number of fused-ring (bicyclic) bond motifs is 5. The molecule has 2 fully saturated rings. The molecule has 1 nitrogen and oxygen atoms in total. The topological polar surface area (TPSA) is 17.1 Å². The van der Waals surface area contributed by atoms with Crippen molar-refractivity contribution in [1.29, 1.82) is 0 Å². The molecule has 4 aliphatic carbocycles. The van der Waals surface area contributed by atoms with E-state index in [1.807, 2.05) is 0 Å². The minimum Gasteiger partial charge on any atom is -0.299 e. The lowest BCUT2D eigenvalue weighted by Crippen LogP contribution is -2.40. The summed E-state index contributed by atoms with van der Waals surface area (Å²) >= 11 is 0. The fraction of sp³-hybridized carbons (Fsp3) is 0.706. The number of carbonyl (C=O) groups is 1. The summed E-state index contributed by atoms with van der Waals surface area (Å²) in [4.78, 5) is 11.9. The van der Waals surface area contributed by atoms with Crippen molar-refractivity contribution in [3.63, 3.8) is 0 Å². The van der Waals surface area contributed by atoms with Crippen LogP contribution in [0, 0.1) is 29.6 Å². The zero-order chi connectivity index (χ0) is 12.1. The maximum absolute atomic E-state index is 11.9. The van der Waals surface area contributed by atoms with Crippen LogP contribution >= 0.6 is 0 Å². The Balaban J connectivity index is 1.65. The van der Waals surface area contributed by atoms with Gasteiger partial charge < -0.3 is 0 Å². The van der Waals surface area contributed by atoms with Gasteiger partial charge >= 0.3 is 0 Å². The highest BCUT2D eigenvalue weighted by molar-refractivity contribution is 5.83. The lowest BCUT2D eigenvalue weighted by molar-refractivity contribution is -0.123. The highest BCUT2D eigenvalue weighted by atomic mass is 16.1. The van der Waals surface area contributed by atoms with Crippen molar-refractivity contribution in [2.45, 2.75) is 44.9 Å². The van der Waals surface area contributed by atoms with Crippen LogP contribution in [0.3, 0.4) is 0 Å². The number of ketones is 1. The molecule has 96 valence electrons. The van der Waals surface area contributed by atoms with E-state index in [1.54, 1.807) is 5.57 Å². The van der Waals surface area contributed by atoms with Gasteiger partial charge in [-0.25, -0.2) is 0 Å². The first-order valence-corrected chi connectivity index (χ1v) is 7.74. The van der Waals surface area contributed by atoms with Crippen molar-refractivity contribution < 1.29 is 4.79 Å². The molecule has 18 heavy (non-hydrogen) atoms. The fourth-order valence-electron chi connectivity index (χ4n) is 5.31. The van der Waals surface area contributed by atoms with Crippen molar-refractivity contribution in [2.24, 2.45) is 29.6 Å². The second-order valence-electron chi connectivity index (χ2n) is 6.71. The van der Waals surface area contributed by atoms with Gasteiger partial charge in [-0.2, -0.15) is 0 Å². The van der Waals surface area contributed by atoms with Crippen LogP contribution in [0.1, 0.15) is 44.9 Å². The molecule has 0 aromatic rings. The third-order valence-electron chi connectivity index (χ3n) is 6.09. The predicted octanol–water partition coefficient (Wildman–Crippen LogP) is 3.90. The molecule has 0 saturated heterocycles. The van der Waals surface area contributed by atoms with Gasteiger partial charge in [0.1, 0.15) is 5.78 Å². The molecule has 0 N–H and O–H groups in total. The van der Waals surface area contributed by atoms with Crippen molar-refractivity contribution >= 4 is 5.78 Å². The monoisotopic (exact) mass is 242 g/mol. The van der Waals surface area contributed by atoms with Crippen molar-refractivity contribution in [3.8, 4) is 0 Å². The molecule has 5 unspecified atom stereocenters. The van der Waals surface area contributed by atoms with Gasteiger partial charge in [-0.3, -0.25) is 4.79 Å². The van der Waals surface area contributed by atoms with Gasteiger partial charge in [0.2, 0.25) is 0 Å². The Kier molecular flexibility index (Phi) is 2.50. The van der Waals surface area contributed by atoms with Gasteiger partial charge in [-0.1, -0.05) is 18.2 Å². The van der Waals surface area contributed by atoms with Crippen LogP contribution in [0.15, 0.2) is 23.8 Å². The SMILES string of the molecule is O=C1CCC2C1CCC1C3CCC=CC3=CCC21. The number of hydrogen-bond acceptors (Lipinski definition) is 1. The number of hydrogen-bond donors (Lipinski definition) is 0. The second kappa shape index (κ2) is 4.08. The third kappa shape index (κ3) is 1.49. The predicted molar refractivity (Wildman–Crippen MR) is 72.0 cm³/mol. The third-order valence-corrected chi connectivity index (χ3v) is 6.09. The Bertz CT molecular complexity index is 431. The average molecular weight is 242 g/mol. The Labute approximate surface area is 109 Å². The normalized spacial score (nSPS) is 46.1. The molecule has 0 aromatic carbocycles. The minimum absolute atomic E-state index is 0.445. The first-order valence-electron chi connectivity index (χ1n) is 7.74. The van der Waals surface area contributed by atoms with E-state index >= 15 is 0 Å². The van der Waals surface area contributed by atoms with E-state index < -0.39 is 0 Å². The Morgan fingerprint density at radius 3 is 2.78 bits per heavy atom. The first kappa shape index (κ1) is 11.0. The molecule has 5 atom stereocenters. The van der Waals surface area contributed by atoms with Crippen LogP contribution in [0.5, 0.6) is 0 Å². The lowest BCUT2D eigenvalue weighted by Gasteiger charge is -2.47. The first-order chi connectivity index (χ1) is 8.84. The molecule has 0 aliphatic heterocycles. The molecular weight excluding hydrogens is 220 g/mol. The molecule has 0 bridgehead atoms. The number of rotatable bonds is 0. The van der Waals surface area contributed by atoms with Crippen molar-refractivity contribution in [3.05, 3.63) is 23.8 Å². The molecule has 4 aliphatic rings. The zero-order valence-electron chi connectivity index (χ0n) is 11.0. The molecule has 0 aromatic heterocycles. The molecule has 0 radical (unpaired) electrons. The smallest absolute Gasteiger partial charge is 0.136 e. The largest absolute Gasteiger partial charge is 0.299 e. The van der Waals surface area contributed by atoms with Gasteiger partial charge in [0.05, 0.1) is 0 Å². The van der Waals surface area contributed by atoms with Gasteiger partial charge in [0, 0.05) is 12.3 Å². The minimum atomic E-state index is 0.445. The summed E-state index contributed by atoms with van der Waals surface area (Å²) in [7, 11) is 0.